The molecule has 0 saturated carbocycles. The van der Waals surface area contributed by atoms with Crippen molar-refractivity contribution in [3.05, 3.63) is 23.4 Å². The van der Waals surface area contributed by atoms with Crippen LogP contribution in [0.15, 0.2) is 22.9 Å². The molecule has 0 spiro atoms. The number of aromatic nitrogens is 3. The van der Waals surface area contributed by atoms with Crippen molar-refractivity contribution in [2.24, 2.45) is 0 Å². The molecule has 3 N–H and O–H groups in total. The van der Waals surface area contributed by atoms with E-state index in [1.165, 1.54) is 23.8 Å². The Labute approximate surface area is 141 Å². The standard InChI is InChI=1S/C15H15N5O3S/c16-11-9-7-10(13(21)18-8-1-4-22-5-2-8)24-15(9)20-12(19-11)14-17-3-6-23-14/h3,6-8H,1-2,4-5H2,(H,18,21)(H2,16,19,20). The van der Waals surface area contributed by atoms with Gasteiger partial charge in [0, 0.05) is 19.3 Å². The van der Waals surface area contributed by atoms with Crippen LogP contribution in [0.4, 0.5) is 5.82 Å². The number of nitrogens with two attached hydrogens (primary N) is 1. The molecule has 1 aliphatic heterocycles. The predicted octanol–water partition coefficient (Wildman–Crippen LogP) is 1.84. The zero-order valence-electron chi connectivity index (χ0n) is 12.7. The lowest BCUT2D eigenvalue weighted by Gasteiger charge is -2.22. The fraction of sp³-hybridized carbons (Fsp3) is 0.333. The van der Waals surface area contributed by atoms with Gasteiger partial charge in [-0.25, -0.2) is 15.0 Å². The van der Waals surface area contributed by atoms with Gasteiger partial charge in [0.05, 0.1) is 16.5 Å². The number of nitrogen functional groups attached to an aromatic ring is 1. The number of nitrogens with one attached hydrogen (secondary N) is 1. The van der Waals surface area contributed by atoms with Gasteiger partial charge in [0.25, 0.3) is 11.8 Å². The summed E-state index contributed by atoms with van der Waals surface area (Å²) in [7, 11) is 0. The molecule has 3 aromatic rings. The second-order valence-corrected chi connectivity index (χ2v) is 6.49. The Kier molecular flexibility index (Phi) is 3.87. The fourth-order valence-electron chi connectivity index (χ4n) is 2.58. The van der Waals surface area contributed by atoms with Gasteiger partial charge in [-0.3, -0.25) is 4.79 Å². The van der Waals surface area contributed by atoms with Crippen LogP contribution in [-0.4, -0.2) is 40.1 Å². The number of fused-ring (bicyclic) bond motifs is 1. The van der Waals surface area contributed by atoms with Crippen LogP contribution in [0, 0.1) is 0 Å². The highest BCUT2D eigenvalue weighted by Crippen LogP contribution is 2.29. The van der Waals surface area contributed by atoms with Gasteiger partial charge in [-0.1, -0.05) is 0 Å². The first-order valence-electron chi connectivity index (χ1n) is 7.56. The second-order valence-electron chi connectivity index (χ2n) is 5.46. The van der Waals surface area contributed by atoms with E-state index in [9.17, 15) is 4.79 Å². The Morgan fingerprint density at radius 1 is 1.33 bits per heavy atom. The molecule has 1 aliphatic rings. The lowest BCUT2D eigenvalue weighted by Crippen LogP contribution is -2.38. The van der Waals surface area contributed by atoms with E-state index < -0.39 is 0 Å². The maximum absolute atomic E-state index is 12.4. The van der Waals surface area contributed by atoms with Gasteiger partial charge in [-0.15, -0.1) is 11.3 Å². The molecule has 1 amide bonds. The van der Waals surface area contributed by atoms with Crippen molar-refractivity contribution in [3.8, 4) is 11.7 Å². The zero-order valence-corrected chi connectivity index (χ0v) is 13.5. The smallest absolute Gasteiger partial charge is 0.264 e. The third-order valence-electron chi connectivity index (χ3n) is 3.83. The van der Waals surface area contributed by atoms with Crippen LogP contribution in [0.25, 0.3) is 21.9 Å². The zero-order chi connectivity index (χ0) is 16.5. The topological polar surface area (TPSA) is 116 Å². The molecule has 8 nitrogen and oxygen atoms in total. The minimum absolute atomic E-state index is 0.123. The fourth-order valence-corrected chi connectivity index (χ4v) is 3.53. The van der Waals surface area contributed by atoms with Gasteiger partial charge >= 0.3 is 0 Å². The number of ether oxygens (including phenoxy) is 1. The molecule has 3 aromatic heterocycles. The first-order valence-corrected chi connectivity index (χ1v) is 8.38. The number of hydrogen-bond donors (Lipinski definition) is 2. The number of anilines is 1. The third kappa shape index (κ3) is 2.83. The highest BCUT2D eigenvalue weighted by atomic mass is 32.1. The van der Waals surface area contributed by atoms with Gasteiger partial charge in [0.15, 0.2) is 0 Å². The number of oxazole rings is 1. The molecule has 0 atom stereocenters. The third-order valence-corrected chi connectivity index (χ3v) is 4.85. The minimum atomic E-state index is -0.123. The van der Waals surface area contributed by atoms with Crippen molar-refractivity contribution in [3.63, 3.8) is 0 Å². The Morgan fingerprint density at radius 2 is 2.17 bits per heavy atom. The Bertz CT molecular complexity index is 871. The summed E-state index contributed by atoms with van der Waals surface area (Å²) in [5, 5.41) is 3.69. The molecule has 1 fully saturated rings. The van der Waals surface area contributed by atoms with Crippen molar-refractivity contribution in [1.29, 1.82) is 0 Å². The van der Waals surface area contributed by atoms with Gasteiger partial charge in [-0.2, -0.15) is 0 Å². The van der Waals surface area contributed by atoms with Crippen LogP contribution < -0.4 is 11.1 Å². The molecule has 0 bridgehead atoms. The van der Waals surface area contributed by atoms with Crippen LogP contribution in [0.3, 0.4) is 0 Å². The molecule has 1 saturated heterocycles. The Hall–Kier alpha value is -2.52. The summed E-state index contributed by atoms with van der Waals surface area (Å²) in [5.41, 5.74) is 6.00. The molecule has 0 unspecified atom stereocenters. The summed E-state index contributed by atoms with van der Waals surface area (Å²) in [4.78, 5) is 26.3. The van der Waals surface area contributed by atoms with Crippen molar-refractivity contribution in [2.45, 2.75) is 18.9 Å². The molecule has 0 aliphatic carbocycles. The van der Waals surface area contributed by atoms with Crippen molar-refractivity contribution in [2.75, 3.05) is 18.9 Å². The molecule has 4 heterocycles. The van der Waals surface area contributed by atoms with Crippen LogP contribution >= 0.6 is 11.3 Å². The van der Waals surface area contributed by atoms with Crippen LogP contribution in [-0.2, 0) is 4.74 Å². The SMILES string of the molecule is Nc1nc(-c2ncco2)nc2sc(C(=O)NC3CCOCC3)cc12. The summed E-state index contributed by atoms with van der Waals surface area (Å²) in [5.74, 6) is 0.782. The van der Waals surface area contributed by atoms with E-state index in [1.54, 1.807) is 6.07 Å². The maximum atomic E-state index is 12.4. The van der Waals surface area contributed by atoms with Crippen LogP contribution in [0.5, 0.6) is 0 Å². The van der Waals surface area contributed by atoms with Gasteiger partial charge < -0.3 is 20.2 Å². The predicted molar refractivity (Wildman–Crippen MR) is 88.6 cm³/mol. The maximum Gasteiger partial charge on any atom is 0.264 e. The van der Waals surface area contributed by atoms with Crippen molar-refractivity contribution < 1.29 is 13.9 Å². The molecule has 4 rings (SSSR count). The highest BCUT2D eigenvalue weighted by molar-refractivity contribution is 7.20. The number of hydrogen-bond acceptors (Lipinski definition) is 8. The van der Waals surface area contributed by atoms with Gasteiger partial charge in [-0.05, 0) is 18.9 Å². The Morgan fingerprint density at radius 3 is 2.92 bits per heavy atom. The summed E-state index contributed by atoms with van der Waals surface area (Å²) in [6.07, 6.45) is 4.61. The first kappa shape index (κ1) is 15.0. The number of carbonyl (C=O) groups is 1. The second kappa shape index (κ2) is 6.17. The van der Waals surface area contributed by atoms with E-state index >= 15 is 0 Å². The van der Waals surface area contributed by atoms with Crippen molar-refractivity contribution >= 4 is 33.3 Å². The normalized spacial score (nSPS) is 15.7. The molecule has 124 valence electrons. The Balaban J connectivity index is 1.62. The highest BCUT2D eigenvalue weighted by Gasteiger charge is 2.20. The lowest BCUT2D eigenvalue weighted by molar-refractivity contribution is 0.0698. The number of thiophene rings is 1. The quantitative estimate of drug-likeness (QED) is 0.744. The van der Waals surface area contributed by atoms with E-state index in [2.05, 4.69) is 20.3 Å². The molecule has 9 heteroatoms. The van der Waals surface area contributed by atoms with E-state index in [4.69, 9.17) is 14.9 Å². The van der Waals surface area contributed by atoms with E-state index in [0.29, 0.717) is 45.8 Å². The largest absolute Gasteiger partial charge is 0.442 e. The number of carbonyl (C=O) groups excluding carboxylic acids is 1. The molecule has 0 radical (unpaired) electrons. The summed E-state index contributed by atoms with van der Waals surface area (Å²) in [6, 6.07) is 1.87. The summed E-state index contributed by atoms with van der Waals surface area (Å²) >= 11 is 1.28. The molecular formula is C15H15N5O3S. The van der Waals surface area contributed by atoms with E-state index in [0.717, 1.165) is 12.8 Å². The lowest BCUT2D eigenvalue weighted by atomic mass is 10.1. The molecular weight excluding hydrogens is 330 g/mol. The summed E-state index contributed by atoms with van der Waals surface area (Å²) < 4.78 is 10.5. The van der Waals surface area contributed by atoms with Gasteiger partial charge in [0.1, 0.15) is 16.9 Å². The summed E-state index contributed by atoms with van der Waals surface area (Å²) in [6.45, 7) is 1.35. The monoisotopic (exact) mass is 345 g/mol. The minimum Gasteiger partial charge on any atom is -0.442 e. The number of amides is 1. The average molecular weight is 345 g/mol. The molecule has 24 heavy (non-hydrogen) atoms. The van der Waals surface area contributed by atoms with Crippen LogP contribution in [0.1, 0.15) is 22.5 Å². The number of rotatable bonds is 3. The van der Waals surface area contributed by atoms with Gasteiger partial charge in [0.2, 0.25) is 5.82 Å². The molecule has 0 aromatic carbocycles. The van der Waals surface area contributed by atoms with E-state index in [-0.39, 0.29) is 11.9 Å². The number of nitrogens with zero attached hydrogens (tertiary/aromatic N) is 3. The van der Waals surface area contributed by atoms with Crippen LogP contribution in [0.2, 0.25) is 0 Å². The van der Waals surface area contributed by atoms with E-state index in [1.807, 2.05) is 0 Å². The average Bonchev–Trinajstić information content (AvgIpc) is 3.25. The van der Waals surface area contributed by atoms with Crippen molar-refractivity contribution in [1.82, 2.24) is 20.3 Å². The first-order chi connectivity index (χ1) is 11.7.